The molecule has 2 aromatic heterocycles. The van der Waals surface area contributed by atoms with E-state index in [1.807, 2.05) is 36.4 Å². The maximum absolute atomic E-state index is 12.0. The molecule has 0 radical (unpaired) electrons. The standard InChI is InChI=1S/C26H27N5O/c1-2-18-15-21-19(24(27)32)12-8-14-23(21)31(18)26-29-22-13-7-6-11-20(22)25(30-26)28-16-17-9-4-3-5-10-17/h3-5,8-10,12,14-15H,2,6-7,11,13,16H2,1H3,(H2,27,32)(H,28,29,30). The van der Waals surface area contributed by atoms with Crippen molar-refractivity contribution in [3.63, 3.8) is 0 Å². The van der Waals surface area contributed by atoms with Crippen LogP contribution in [0.1, 0.15) is 52.6 Å². The molecule has 6 nitrogen and oxygen atoms in total. The highest BCUT2D eigenvalue weighted by Gasteiger charge is 2.21. The van der Waals surface area contributed by atoms with Crippen molar-refractivity contribution < 1.29 is 4.79 Å². The lowest BCUT2D eigenvalue weighted by molar-refractivity contribution is 0.100. The number of hydrogen-bond acceptors (Lipinski definition) is 4. The fourth-order valence-corrected chi connectivity index (χ4v) is 4.61. The number of anilines is 1. The maximum atomic E-state index is 12.0. The zero-order chi connectivity index (χ0) is 22.1. The highest BCUT2D eigenvalue weighted by Crippen LogP contribution is 2.30. The van der Waals surface area contributed by atoms with Gasteiger partial charge in [0.05, 0.1) is 11.2 Å². The zero-order valence-corrected chi connectivity index (χ0v) is 18.3. The molecule has 0 unspecified atom stereocenters. The Morgan fingerprint density at radius 1 is 1.06 bits per heavy atom. The summed E-state index contributed by atoms with van der Waals surface area (Å²) in [5.41, 5.74) is 11.7. The Balaban J connectivity index is 1.64. The lowest BCUT2D eigenvalue weighted by Crippen LogP contribution is -2.16. The highest BCUT2D eigenvalue weighted by atomic mass is 16.1. The number of rotatable bonds is 6. The van der Waals surface area contributed by atoms with E-state index in [0.29, 0.717) is 18.1 Å². The average Bonchev–Trinajstić information content (AvgIpc) is 3.21. The molecule has 0 bridgehead atoms. The highest BCUT2D eigenvalue weighted by molar-refractivity contribution is 6.06. The largest absolute Gasteiger partial charge is 0.366 e. The fraction of sp³-hybridized carbons (Fsp3) is 0.269. The number of fused-ring (bicyclic) bond motifs is 2. The predicted octanol–water partition coefficient (Wildman–Crippen LogP) is 4.57. The Morgan fingerprint density at radius 2 is 1.88 bits per heavy atom. The summed E-state index contributed by atoms with van der Waals surface area (Å²) in [7, 11) is 0. The number of nitrogens with two attached hydrogens (primary N) is 1. The monoisotopic (exact) mass is 425 g/mol. The molecule has 1 amide bonds. The summed E-state index contributed by atoms with van der Waals surface area (Å²) in [6, 6.07) is 18.0. The first-order valence-electron chi connectivity index (χ1n) is 11.3. The molecular formula is C26H27N5O. The van der Waals surface area contributed by atoms with E-state index >= 15 is 0 Å². The molecular weight excluding hydrogens is 398 g/mol. The van der Waals surface area contributed by atoms with Crippen LogP contribution in [-0.4, -0.2) is 20.4 Å². The number of nitrogens with zero attached hydrogens (tertiary/aromatic N) is 3. The lowest BCUT2D eigenvalue weighted by atomic mass is 9.96. The van der Waals surface area contributed by atoms with Crippen LogP contribution in [0.5, 0.6) is 0 Å². The van der Waals surface area contributed by atoms with Gasteiger partial charge in [-0.15, -0.1) is 0 Å². The van der Waals surface area contributed by atoms with Gasteiger partial charge in [0.2, 0.25) is 11.9 Å². The van der Waals surface area contributed by atoms with Gasteiger partial charge < -0.3 is 11.1 Å². The number of aromatic nitrogens is 3. The molecule has 3 N–H and O–H groups in total. The van der Waals surface area contributed by atoms with Crippen molar-refractivity contribution in [2.75, 3.05) is 5.32 Å². The third-order valence-electron chi connectivity index (χ3n) is 6.22. The van der Waals surface area contributed by atoms with Gasteiger partial charge in [0.1, 0.15) is 5.82 Å². The fourth-order valence-electron chi connectivity index (χ4n) is 4.61. The average molecular weight is 426 g/mol. The van der Waals surface area contributed by atoms with Crippen LogP contribution in [0.3, 0.4) is 0 Å². The third kappa shape index (κ3) is 3.62. The molecule has 0 aliphatic heterocycles. The van der Waals surface area contributed by atoms with Crippen LogP contribution < -0.4 is 11.1 Å². The Morgan fingerprint density at radius 3 is 2.66 bits per heavy atom. The van der Waals surface area contributed by atoms with Gasteiger partial charge in [-0.1, -0.05) is 43.3 Å². The second kappa shape index (κ2) is 8.46. The van der Waals surface area contributed by atoms with Crippen molar-refractivity contribution in [3.8, 4) is 5.95 Å². The van der Waals surface area contributed by atoms with Gasteiger partial charge in [0.15, 0.2) is 0 Å². The van der Waals surface area contributed by atoms with Gasteiger partial charge in [-0.3, -0.25) is 9.36 Å². The smallest absolute Gasteiger partial charge is 0.249 e. The van der Waals surface area contributed by atoms with E-state index in [1.54, 1.807) is 6.07 Å². The Hall–Kier alpha value is -3.67. The molecule has 1 aliphatic rings. The summed E-state index contributed by atoms with van der Waals surface area (Å²) in [6.07, 6.45) is 5.04. The molecule has 0 atom stereocenters. The summed E-state index contributed by atoms with van der Waals surface area (Å²) in [4.78, 5) is 22.0. The first kappa shape index (κ1) is 20.2. The Kier molecular flexibility index (Phi) is 5.35. The van der Waals surface area contributed by atoms with E-state index in [2.05, 4.69) is 28.9 Å². The van der Waals surface area contributed by atoms with Gasteiger partial charge in [-0.05, 0) is 55.9 Å². The SMILES string of the molecule is CCc1cc2c(C(N)=O)cccc2n1-c1nc2c(c(NCc3ccccc3)n1)CCCC2. The molecule has 6 heteroatoms. The summed E-state index contributed by atoms with van der Waals surface area (Å²) in [5.74, 6) is 1.13. The summed E-state index contributed by atoms with van der Waals surface area (Å²) >= 11 is 0. The second-order valence-corrected chi connectivity index (χ2v) is 8.27. The van der Waals surface area contributed by atoms with Crippen LogP contribution in [0.2, 0.25) is 0 Å². The van der Waals surface area contributed by atoms with Gasteiger partial charge in [0.25, 0.3) is 0 Å². The molecule has 0 saturated heterocycles. The van der Waals surface area contributed by atoms with E-state index in [0.717, 1.165) is 60.2 Å². The third-order valence-corrected chi connectivity index (χ3v) is 6.22. The first-order valence-corrected chi connectivity index (χ1v) is 11.3. The van der Waals surface area contributed by atoms with Crippen molar-refractivity contribution in [1.82, 2.24) is 14.5 Å². The second-order valence-electron chi connectivity index (χ2n) is 8.27. The number of carbonyl (C=O) groups excluding carboxylic acids is 1. The van der Waals surface area contributed by atoms with Crippen LogP contribution in [0.15, 0.2) is 54.6 Å². The topological polar surface area (TPSA) is 85.8 Å². The molecule has 4 aromatic rings. The van der Waals surface area contributed by atoms with Crippen molar-refractivity contribution in [2.45, 2.75) is 45.6 Å². The number of carbonyl (C=O) groups is 1. The minimum Gasteiger partial charge on any atom is -0.366 e. The zero-order valence-electron chi connectivity index (χ0n) is 18.3. The molecule has 2 heterocycles. The molecule has 162 valence electrons. The quantitative estimate of drug-likeness (QED) is 0.474. The number of amides is 1. The maximum Gasteiger partial charge on any atom is 0.249 e. The van der Waals surface area contributed by atoms with Crippen LogP contribution in [0, 0.1) is 0 Å². The molecule has 5 rings (SSSR count). The van der Waals surface area contributed by atoms with E-state index < -0.39 is 5.91 Å². The minimum absolute atomic E-state index is 0.424. The van der Waals surface area contributed by atoms with Crippen LogP contribution in [0.25, 0.3) is 16.9 Å². The van der Waals surface area contributed by atoms with E-state index in [1.165, 1.54) is 11.1 Å². The number of hydrogen-bond donors (Lipinski definition) is 2. The normalized spacial score (nSPS) is 13.2. The van der Waals surface area contributed by atoms with Gasteiger partial charge in [-0.25, -0.2) is 4.98 Å². The molecule has 0 spiro atoms. The number of nitrogens with one attached hydrogen (secondary N) is 1. The van der Waals surface area contributed by atoms with Crippen molar-refractivity contribution in [1.29, 1.82) is 0 Å². The Labute approximate surface area is 187 Å². The van der Waals surface area contributed by atoms with Crippen molar-refractivity contribution in [3.05, 3.63) is 82.7 Å². The summed E-state index contributed by atoms with van der Waals surface area (Å²) in [6.45, 7) is 2.81. The number of benzene rings is 2. The van der Waals surface area contributed by atoms with Crippen LogP contribution >= 0.6 is 0 Å². The molecule has 32 heavy (non-hydrogen) atoms. The summed E-state index contributed by atoms with van der Waals surface area (Å²) in [5, 5.41) is 4.41. The van der Waals surface area contributed by atoms with E-state index in [4.69, 9.17) is 15.7 Å². The van der Waals surface area contributed by atoms with Gasteiger partial charge >= 0.3 is 0 Å². The molecule has 0 saturated carbocycles. The number of primary amides is 1. The predicted molar refractivity (Wildman–Crippen MR) is 127 cm³/mol. The molecule has 0 fully saturated rings. The summed E-state index contributed by atoms with van der Waals surface area (Å²) < 4.78 is 2.07. The minimum atomic E-state index is -0.424. The van der Waals surface area contributed by atoms with Crippen molar-refractivity contribution in [2.24, 2.45) is 5.73 Å². The van der Waals surface area contributed by atoms with E-state index in [9.17, 15) is 4.79 Å². The molecule has 1 aliphatic carbocycles. The van der Waals surface area contributed by atoms with Gasteiger partial charge in [-0.2, -0.15) is 4.98 Å². The van der Waals surface area contributed by atoms with E-state index in [-0.39, 0.29) is 0 Å². The lowest BCUT2D eigenvalue weighted by Gasteiger charge is -2.21. The number of aryl methyl sites for hydroxylation is 2. The Bertz CT molecular complexity index is 1290. The first-order chi connectivity index (χ1) is 15.7. The van der Waals surface area contributed by atoms with Crippen LogP contribution in [-0.2, 0) is 25.8 Å². The van der Waals surface area contributed by atoms with Gasteiger partial charge in [0, 0.05) is 28.8 Å². The molecule has 2 aromatic carbocycles. The van der Waals surface area contributed by atoms with Crippen LogP contribution in [0.4, 0.5) is 5.82 Å². The van der Waals surface area contributed by atoms with Crippen molar-refractivity contribution >= 4 is 22.6 Å².